The summed E-state index contributed by atoms with van der Waals surface area (Å²) in [5.74, 6) is -0.269. The van der Waals surface area contributed by atoms with E-state index in [1.807, 2.05) is 55.5 Å². The Hall–Kier alpha value is -1.56. The van der Waals surface area contributed by atoms with Crippen molar-refractivity contribution in [2.45, 2.75) is 12.8 Å². The van der Waals surface area contributed by atoms with E-state index in [0.717, 1.165) is 14.8 Å². The van der Waals surface area contributed by atoms with Crippen LogP contribution in [0.2, 0.25) is 0 Å². The van der Waals surface area contributed by atoms with Crippen molar-refractivity contribution in [1.82, 2.24) is 0 Å². The standard InChI is InChI=1S/C15H15IN2O/c1-10(11-3-2-4-13(17)9-11)15(19)18-14-7-5-12(16)6-8-14/h2-10H,17H2,1H3,(H,18,19). The summed E-state index contributed by atoms with van der Waals surface area (Å²) in [4.78, 5) is 12.2. The van der Waals surface area contributed by atoms with Gasteiger partial charge in [0.05, 0.1) is 5.92 Å². The predicted octanol–water partition coefficient (Wildman–Crippen LogP) is 3.62. The van der Waals surface area contributed by atoms with Crippen LogP contribution in [0.15, 0.2) is 48.5 Å². The zero-order chi connectivity index (χ0) is 13.8. The van der Waals surface area contributed by atoms with Crippen LogP contribution < -0.4 is 11.1 Å². The van der Waals surface area contributed by atoms with Crippen LogP contribution in [-0.2, 0) is 4.79 Å². The first-order chi connectivity index (χ1) is 9.06. The molecular formula is C15H15IN2O. The first-order valence-corrected chi connectivity index (χ1v) is 7.06. The van der Waals surface area contributed by atoms with Crippen LogP contribution in [0.3, 0.4) is 0 Å². The lowest BCUT2D eigenvalue weighted by atomic mass is 10.00. The average molecular weight is 366 g/mol. The summed E-state index contributed by atoms with van der Waals surface area (Å²) in [6.07, 6.45) is 0. The zero-order valence-electron chi connectivity index (χ0n) is 10.6. The second-order valence-corrected chi connectivity index (χ2v) is 5.63. The minimum Gasteiger partial charge on any atom is -0.399 e. The van der Waals surface area contributed by atoms with Crippen molar-refractivity contribution in [2.75, 3.05) is 11.1 Å². The predicted molar refractivity (Wildman–Crippen MR) is 87.1 cm³/mol. The van der Waals surface area contributed by atoms with Crippen LogP contribution in [0.4, 0.5) is 11.4 Å². The maximum atomic E-state index is 12.2. The van der Waals surface area contributed by atoms with Crippen molar-refractivity contribution in [2.24, 2.45) is 0 Å². The Morgan fingerprint density at radius 3 is 2.53 bits per heavy atom. The summed E-state index contributed by atoms with van der Waals surface area (Å²) in [5.41, 5.74) is 8.13. The lowest BCUT2D eigenvalue weighted by molar-refractivity contribution is -0.117. The van der Waals surface area contributed by atoms with Crippen molar-refractivity contribution in [3.05, 3.63) is 57.7 Å². The van der Waals surface area contributed by atoms with Crippen molar-refractivity contribution >= 4 is 39.9 Å². The van der Waals surface area contributed by atoms with Gasteiger partial charge in [0.1, 0.15) is 0 Å². The highest BCUT2D eigenvalue weighted by atomic mass is 127. The average Bonchev–Trinajstić information content (AvgIpc) is 2.40. The summed E-state index contributed by atoms with van der Waals surface area (Å²) < 4.78 is 1.14. The largest absolute Gasteiger partial charge is 0.399 e. The maximum absolute atomic E-state index is 12.2. The van der Waals surface area contributed by atoms with Gasteiger partial charge in [-0.3, -0.25) is 4.79 Å². The number of halogens is 1. The number of nitrogens with two attached hydrogens (primary N) is 1. The van der Waals surface area contributed by atoms with E-state index in [2.05, 4.69) is 27.9 Å². The van der Waals surface area contributed by atoms with Gasteiger partial charge in [-0.1, -0.05) is 12.1 Å². The number of carbonyl (C=O) groups is 1. The van der Waals surface area contributed by atoms with Gasteiger partial charge in [0, 0.05) is 14.9 Å². The highest BCUT2D eigenvalue weighted by molar-refractivity contribution is 14.1. The van der Waals surface area contributed by atoms with E-state index >= 15 is 0 Å². The summed E-state index contributed by atoms with van der Waals surface area (Å²) in [5, 5.41) is 2.90. The van der Waals surface area contributed by atoms with E-state index in [-0.39, 0.29) is 11.8 Å². The molecule has 0 saturated carbocycles. The number of hydrogen-bond acceptors (Lipinski definition) is 2. The summed E-state index contributed by atoms with van der Waals surface area (Å²) in [6, 6.07) is 15.1. The molecule has 2 aromatic rings. The molecule has 1 unspecified atom stereocenters. The molecule has 0 spiro atoms. The van der Waals surface area contributed by atoms with Gasteiger partial charge in [0.25, 0.3) is 0 Å². The first-order valence-electron chi connectivity index (χ1n) is 5.98. The number of hydrogen-bond donors (Lipinski definition) is 2. The Balaban J connectivity index is 2.09. The minimum absolute atomic E-state index is 0.0354. The molecule has 0 heterocycles. The van der Waals surface area contributed by atoms with Gasteiger partial charge >= 0.3 is 0 Å². The van der Waals surface area contributed by atoms with Gasteiger partial charge in [-0.25, -0.2) is 0 Å². The Labute approximate surface area is 126 Å². The fourth-order valence-corrected chi connectivity index (χ4v) is 2.12. The molecule has 0 aliphatic rings. The molecular weight excluding hydrogens is 351 g/mol. The topological polar surface area (TPSA) is 55.1 Å². The van der Waals surface area contributed by atoms with Crippen molar-refractivity contribution in [3.63, 3.8) is 0 Å². The number of nitrogen functional groups attached to an aromatic ring is 1. The first kappa shape index (κ1) is 13.9. The lowest BCUT2D eigenvalue weighted by Gasteiger charge is -2.13. The second kappa shape index (κ2) is 6.06. The molecule has 0 bridgehead atoms. The van der Waals surface area contributed by atoms with E-state index in [0.29, 0.717) is 5.69 Å². The molecule has 4 heteroatoms. The van der Waals surface area contributed by atoms with Crippen LogP contribution in [0.25, 0.3) is 0 Å². The number of amides is 1. The van der Waals surface area contributed by atoms with Gasteiger partial charge in [-0.2, -0.15) is 0 Å². The van der Waals surface area contributed by atoms with Gasteiger partial charge in [-0.05, 0) is 71.5 Å². The second-order valence-electron chi connectivity index (χ2n) is 4.39. The van der Waals surface area contributed by atoms with Gasteiger partial charge in [0.15, 0.2) is 0 Å². The molecule has 0 fully saturated rings. The van der Waals surface area contributed by atoms with Gasteiger partial charge < -0.3 is 11.1 Å². The van der Waals surface area contributed by atoms with Crippen LogP contribution >= 0.6 is 22.6 Å². The summed E-state index contributed by atoms with van der Waals surface area (Å²) in [6.45, 7) is 1.87. The lowest BCUT2D eigenvalue weighted by Crippen LogP contribution is -2.18. The van der Waals surface area contributed by atoms with Gasteiger partial charge in [-0.15, -0.1) is 0 Å². The third-order valence-electron chi connectivity index (χ3n) is 2.92. The molecule has 1 amide bonds. The number of carbonyl (C=O) groups excluding carboxylic acids is 1. The van der Waals surface area contributed by atoms with Crippen LogP contribution in [0.1, 0.15) is 18.4 Å². The molecule has 1 atom stereocenters. The molecule has 2 rings (SSSR count). The van der Waals surface area contributed by atoms with E-state index < -0.39 is 0 Å². The fourth-order valence-electron chi connectivity index (χ4n) is 1.76. The Morgan fingerprint density at radius 1 is 1.21 bits per heavy atom. The Kier molecular flexibility index (Phi) is 4.42. The minimum atomic E-state index is -0.234. The third kappa shape index (κ3) is 3.70. The van der Waals surface area contributed by atoms with E-state index in [1.54, 1.807) is 0 Å². The molecule has 0 aromatic heterocycles. The molecule has 19 heavy (non-hydrogen) atoms. The molecule has 98 valence electrons. The molecule has 3 N–H and O–H groups in total. The Morgan fingerprint density at radius 2 is 1.89 bits per heavy atom. The Bertz CT molecular complexity index is 581. The van der Waals surface area contributed by atoms with E-state index in [1.165, 1.54) is 0 Å². The molecule has 3 nitrogen and oxygen atoms in total. The monoisotopic (exact) mass is 366 g/mol. The number of anilines is 2. The summed E-state index contributed by atoms with van der Waals surface area (Å²) >= 11 is 2.23. The quantitative estimate of drug-likeness (QED) is 0.644. The summed E-state index contributed by atoms with van der Waals surface area (Å²) in [7, 11) is 0. The SMILES string of the molecule is CC(C(=O)Nc1ccc(I)cc1)c1cccc(N)c1. The van der Waals surface area contributed by atoms with Gasteiger partial charge in [0.2, 0.25) is 5.91 Å². The van der Waals surface area contributed by atoms with Crippen LogP contribution in [0, 0.1) is 3.57 Å². The smallest absolute Gasteiger partial charge is 0.231 e. The van der Waals surface area contributed by atoms with E-state index in [4.69, 9.17) is 5.73 Å². The normalized spacial score (nSPS) is 11.9. The highest BCUT2D eigenvalue weighted by Crippen LogP contribution is 2.20. The fraction of sp³-hybridized carbons (Fsp3) is 0.133. The maximum Gasteiger partial charge on any atom is 0.231 e. The number of nitrogens with one attached hydrogen (secondary N) is 1. The third-order valence-corrected chi connectivity index (χ3v) is 3.63. The number of rotatable bonds is 3. The zero-order valence-corrected chi connectivity index (χ0v) is 12.7. The van der Waals surface area contributed by atoms with Crippen molar-refractivity contribution in [3.8, 4) is 0 Å². The highest BCUT2D eigenvalue weighted by Gasteiger charge is 2.15. The molecule has 2 aromatic carbocycles. The van der Waals surface area contributed by atoms with Crippen LogP contribution in [0.5, 0.6) is 0 Å². The van der Waals surface area contributed by atoms with E-state index in [9.17, 15) is 4.79 Å². The van der Waals surface area contributed by atoms with Crippen molar-refractivity contribution < 1.29 is 4.79 Å². The molecule has 0 aliphatic carbocycles. The molecule has 0 radical (unpaired) electrons. The van der Waals surface area contributed by atoms with Crippen molar-refractivity contribution in [1.29, 1.82) is 0 Å². The number of benzene rings is 2. The molecule has 0 saturated heterocycles. The van der Waals surface area contributed by atoms with Crippen LogP contribution in [-0.4, -0.2) is 5.91 Å². The molecule has 0 aliphatic heterocycles.